The quantitative estimate of drug-likeness (QED) is 0.618. The van der Waals surface area contributed by atoms with E-state index in [1.165, 1.54) is 11.0 Å². The van der Waals surface area contributed by atoms with Crippen LogP contribution in [0.1, 0.15) is 34.3 Å². The number of nitrogens with zero attached hydrogens (tertiary/aromatic N) is 1. The monoisotopic (exact) mass is 389 g/mol. The van der Waals surface area contributed by atoms with Crippen molar-refractivity contribution in [1.29, 1.82) is 0 Å². The third-order valence-electron chi connectivity index (χ3n) is 5.07. The normalized spacial score (nSPS) is 18.7. The lowest BCUT2D eigenvalue weighted by Gasteiger charge is -2.29. The zero-order valence-corrected chi connectivity index (χ0v) is 15.6. The number of carbonyl (C=O) groups excluding carboxylic acids is 4. The van der Waals surface area contributed by atoms with E-state index in [2.05, 4.69) is 10.6 Å². The number of carbonyl (C=O) groups is 4. The van der Waals surface area contributed by atoms with Gasteiger partial charge in [-0.3, -0.25) is 24.5 Å². The summed E-state index contributed by atoms with van der Waals surface area (Å²) in [5.41, 5.74) is 2.57. The summed E-state index contributed by atoms with van der Waals surface area (Å²) in [6.45, 7) is 0.208. The van der Waals surface area contributed by atoms with Gasteiger partial charge in [-0.2, -0.15) is 0 Å². The van der Waals surface area contributed by atoms with Crippen LogP contribution in [0.15, 0.2) is 54.6 Å². The molecule has 2 N–H and O–H groups in total. The van der Waals surface area contributed by atoms with Crippen LogP contribution in [0.4, 0.5) is 5.69 Å². The number of hydrogen-bond acceptors (Lipinski definition) is 4. The average Bonchev–Trinajstić information content (AvgIpc) is 3.05. The molecule has 2 aliphatic rings. The van der Waals surface area contributed by atoms with Gasteiger partial charge in [0.25, 0.3) is 5.91 Å². The molecule has 146 valence electrons. The first-order valence-corrected chi connectivity index (χ1v) is 9.33. The molecule has 7 heteroatoms. The highest BCUT2D eigenvalue weighted by Crippen LogP contribution is 2.32. The lowest BCUT2D eigenvalue weighted by molar-refractivity contribution is -0.137. The average molecular weight is 389 g/mol. The zero-order chi connectivity index (χ0) is 20.4. The number of hydrogen-bond donors (Lipinski definition) is 2. The van der Waals surface area contributed by atoms with E-state index < -0.39 is 11.9 Å². The van der Waals surface area contributed by atoms with Gasteiger partial charge >= 0.3 is 0 Å². The second-order valence-corrected chi connectivity index (χ2v) is 6.96. The summed E-state index contributed by atoms with van der Waals surface area (Å²) in [6, 6.07) is 13.9. The van der Waals surface area contributed by atoms with Crippen LogP contribution >= 0.6 is 0 Å². The van der Waals surface area contributed by atoms with Crippen LogP contribution in [0.5, 0.6) is 0 Å². The van der Waals surface area contributed by atoms with Crippen molar-refractivity contribution in [3.8, 4) is 0 Å². The minimum absolute atomic E-state index is 0.199. The maximum Gasteiger partial charge on any atom is 0.255 e. The van der Waals surface area contributed by atoms with Crippen LogP contribution in [0.3, 0.4) is 0 Å². The maximum atomic E-state index is 12.8. The van der Waals surface area contributed by atoms with Crippen molar-refractivity contribution < 1.29 is 19.2 Å². The van der Waals surface area contributed by atoms with E-state index in [1.807, 2.05) is 30.3 Å². The van der Waals surface area contributed by atoms with Crippen molar-refractivity contribution in [1.82, 2.24) is 10.2 Å². The molecule has 0 spiro atoms. The smallest absolute Gasteiger partial charge is 0.255 e. The number of amides is 4. The minimum Gasteiger partial charge on any atom is -0.322 e. The Balaban J connectivity index is 1.51. The summed E-state index contributed by atoms with van der Waals surface area (Å²) in [5.74, 6) is -1.37. The van der Waals surface area contributed by atoms with Gasteiger partial charge in [-0.25, -0.2) is 0 Å². The minimum atomic E-state index is -0.686. The molecule has 0 bridgehead atoms. The van der Waals surface area contributed by atoms with E-state index >= 15 is 0 Å². The molecule has 2 aromatic rings. The molecule has 2 heterocycles. The van der Waals surface area contributed by atoms with Crippen LogP contribution < -0.4 is 10.6 Å². The molecule has 1 saturated heterocycles. The molecule has 2 aliphatic heterocycles. The van der Waals surface area contributed by atoms with E-state index in [9.17, 15) is 19.2 Å². The fourth-order valence-electron chi connectivity index (χ4n) is 3.61. The number of imide groups is 1. The van der Waals surface area contributed by atoms with E-state index in [4.69, 9.17) is 0 Å². The van der Waals surface area contributed by atoms with Crippen LogP contribution in [-0.4, -0.2) is 34.6 Å². The molecule has 0 radical (unpaired) electrons. The molecule has 1 unspecified atom stereocenters. The summed E-state index contributed by atoms with van der Waals surface area (Å²) < 4.78 is 0. The number of nitrogens with one attached hydrogen (secondary N) is 2. The highest BCUT2D eigenvalue weighted by molar-refractivity contribution is 6.08. The van der Waals surface area contributed by atoms with E-state index in [0.717, 1.165) is 5.56 Å². The Bertz CT molecular complexity index is 1030. The molecule has 0 aromatic heterocycles. The standard InChI is InChI=1S/C22H19N3O4/c26-19(11-9-14-5-2-1-3-6-14)23-17-8-4-7-15-16(17)13-25(22(15)29)18-10-12-20(27)24-21(18)28/h1-9,11,18H,10,12-13H2,(H,23,26)(H,24,27,28). The first-order valence-electron chi connectivity index (χ1n) is 9.33. The largest absolute Gasteiger partial charge is 0.322 e. The fourth-order valence-corrected chi connectivity index (χ4v) is 3.61. The number of benzene rings is 2. The maximum absolute atomic E-state index is 12.8. The molecule has 4 amide bonds. The Morgan fingerprint density at radius 2 is 1.86 bits per heavy atom. The van der Waals surface area contributed by atoms with Crippen molar-refractivity contribution in [2.75, 3.05) is 5.32 Å². The van der Waals surface area contributed by atoms with Gasteiger partial charge in [-0.1, -0.05) is 36.4 Å². The van der Waals surface area contributed by atoms with Crippen molar-refractivity contribution in [3.05, 3.63) is 71.3 Å². The van der Waals surface area contributed by atoms with Gasteiger partial charge in [0.05, 0.1) is 0 Å². The summed E-state index contributed by atoms with van der Waals surface area (Å²) >= 11 is 0. The Kier molecular flexibility index (Phi) is 4.95. The van der Waals surface area contributed by atoms with E-state index in [-0.39, 0.29) is 30.7 Å². The van der Waals surface area contributed by atoms with Gasteiger partial charge in [-0.05, 0) is 30.2 Å². The second-order valence-electron chi connectivity index (χ2n) is 6.96. The number of anilines is 1. The summed E-state index contributed by atoms with van der Waals surface area (Å²) in [4.78, 5) is 50.2. The van der Waals surface area contributed by atoms with Crippen molar-refractivity contribution in [3.63, 3.8) is 0 Å². The molecular formula is C22H19N3O4. The predicted molar refractivity (Wildman–Crippen MR) is 107 cm³/mol. The Morgan fingerprint density at radius 1 is 1.07 bits per heavy atom. The third-order valence-corrected chi connectivity index (χ3v) is 5.07. The van der Waals surface area contributed by atoms with E-state index in [1.54, 1.807) is 24.3 Å². The molecule has 0 saturated carbocycles. The lowest BCUT2D eigenvalue weighted by atomic mass is 10.0. The van der Waals surface area contributed by atoms with Gasteiger partial charge in [0, 0.05) is 35.9 Å². The number of piperidine rings is 1. The molecule has 4 rings (SSSR count). The number of fused-ring (bicyclic) bond motifs is 1. The summed E-state index contributed by atoms with van der Waals surface area (Å²) in [5, 5.41) is 5.10. The third kappa shape index (κ3) is 3.80. The van der Waals surface area contributed by atoms with Crippen LogP contribution in [0.2, 0.25) is 0 Å². The van der Waals surface area contributed by atoms with Crippen LogP contribution in [0.25, 0.3) is 6.08 Å². The topological polar surface area (TPSA) is 95.6 Å². The highest BCUT2D eigenvalue weighted by atomic mass is 16.2. The lowest BCUT2D eigenvalue weighted by Crippen LogP contribution is -2.52. The molecule has 2 aromatic carbocycles. The van der Waals surface area contributed by atoms with E-state index in [0.29, 0.717) is 23.2 Å². The van der Waals surface area contributed by atoms with Crippen molar-refractivity contribution in [2.24, 2.45) is 0 Å². The predicted octanol–water partition coefficient (Wildman–Crippen LogP) is 2.10. The van der Waals surface area contributed by atoms with Crippen LogP contribution in [-0.2, 0) is 20.9 Å². The SMILES string of the molecule is O=C(C=Cc1ccccc1)Nc1cccc2c1CN(C1CCC(=O)NC1=O)C2=O. The summed E-state index contributed by atoms with van der Waals surface area (Å²) in [7, 11) is 0. The second kappa shape index (κ2) is 7.71. The van der Waals surface area contributed by atoms with Gasteiger partial charge in [0.1, 0.15) is 6.04 Å². The van der Waals surface area contributed by atoms with Crippen molar-refractivity contribution in [2.45, 2.75) is 25.4 Å². The first-order chi connectivity index (χ1) is 14.0. The Morgan fingerprint density at radius 3 is 2.62 bits per heavy atom. The molecule has 1 fully saturated rings. The van der Waals surface area contributed by atoms with Crippen LogP contribution in [0, 0.1) is 0 Å². The number of rotatable bonds is 4. The van der Waals surface area contributed by atoms with Gasteiger partial charge in [-0.15, -0.1) is 0 Å². The van der Waals surface area contributed by atoms with Gasteiger partial charge in [0.15, 0.2) is 0 Å². The molecule has 0 aliphatic carbocycles. The highest BCUT2D eigenvalue weighted by Gasteiger charge is 2.39. The summed E-state index contributed by atoms with van der Waals surface area (Å²) in [6.07, 6.45) is 3.64. The molecule has 29 heavy (non-hydrogen) atoms. The Labute approximate surface area is 167 Å². The zero-order valence-electron chi connectivity index (χ0n) is 15.6. The fraction of sp³-hybridized carbons (Fsp3) is 0.182. The first kappa shape index (κ1) is 18.6. The molecular weight excluding hydrogens is 370 g/mol. The van der Waals surface area contributed by atoms with Gasteiger partial charge in [0.2, 0.25) is 17.7 Å². The van der Waals surface area contributed by atoms with Crippen molar-refractivity contribution >= 4 is 35.4 Å². The van der Waals surface area contributed by atoms with Gasteiger partial charge < -0.3 is 10.2 Å². The molecule has 1 atom stereocenters. The molecule has 7 nitrogen and oxygen atoms in total. The Hall–Kier alpha value is -3.74.